The summed E-state index contributed by atoms with van der Waals surface area (Å²) in [5, 5.41) is 3.71. The van der Waals surface area contributed by atoms with E-state index in [1.54, 1.807) is 42.6 Å². The van der Waals surface area contributed by atoms with Crippen molar-refractivity contribution in [1.29, 1.82) is 0 Å². The van der Waals surface area contributed by atoms with Gasteiger partial charge in [0, 0.05) is 0 Å². The number of carbonyl (C=O) groups excluding carboxylic acids is 2. The van der Waals surface area contributed by atoms with Crippen LogP contribution in [0.2, 0.25) is 0 Å². The number of halogens is 3. The molecule has 0 fully saturated rings. The lowest BCUT2D eigenvalue weighted by atomic mass is 9.91. The summed E-state index contributed by atoms with van der Waals surface area (Å²) >= 11 is 0. The molecule has 2 heterocycles. The largest absolute Gasteiger partial charge is 0.493 e. The van der Waals surface area contributed by atoms with Crippen LogP contribution in [0.25, 0.3) is 0 Å². The van der Waals surface area contributed by atoms with Crippen molar-refractivity contribution in [2.75, 3.05) is 11.9 Å². The average Bonchev–Trinajstić information content (AvgIpc) is 3.11. The van der Waals surface area contributed by atoms with Gasteiger partial charge in [0.25, 0.3) is 22.9 Å². The zero-order valence-electron chi connectivity index (χ0n) is 18.2. The quantitative estimate of drug-likeness (QED) is 0.491. The smallest absolute Gasteiger partial charge is 0.425 e. The number of aromatic amines is 1. The van der Waals surface area contributed by atoms with Gasteiger partial charge in [-0.1, -0.05) is 42.5 Å². The van der Waals surface area contributed by atoms with Crippen molar-refractivity contribution in [2.45, 2.75) is 25.2 Å². The van der Waals surface area contributed by atoms with Crippen molar-refractivity contribution >= 4 is 17.6 Å². The Morgan fingerprint density at radius 3 is 2.37 bits per heavy atom. The van der Waals surface area contributed by atoms with E-state index in [4.69, 9.17) is 4.74 Å². The lowest BCUT2D eigenvalue weighted by Gasteiger charge is -2.30. The van der Waals surface area contributed by atoms with E-state index < -0.39 is 46.2 Å². The predicted molar refractivity (Wildman–Crippen MR) is 118 cm³/mol. The molecule has 0 spiro atoms. The number of nitrogens with zero attached hydrogens (tertiary/aromatic N) is 1. The van der Waals surface area contributed by atoms with Crippen LogP contribution in [0, 0.1) is 0 Å². The monoisotopic (exact) mass is 488 g/mol. The number of carbonyl (C=O) groups is 2. The van der Waals surface area contributed by atoms with E-state index in [2.05, 4.69) is 0 Å². The Hall–Kier alpha value is -4.35. The summed E-state index contributed by atoms with van der Waals surface area (Å²) in [6.45, 7) is 1.51. The molecule has 12 heteroatoms. The normalized spacial score (nSPS) is 17.0. The average molecular weight is 488 g/mol. The Morgan fingerprint density at radius 2 is 1.71 bits per heavy atom. The fourth-order valence-electron chi connectivity index (χ4n) is 3.91. The number of aromatic nitrogens is 2. The first kappa shape index (κ1) is 23.8. The summed E-state index contributed by atoms with van der Waals surface area (Å²) in [6, 6.07) is 13.8. The van der Waals surface area contributed by atoms with Gasteiger partial charge in [-0.25, -0.2) is 4.79 Å². The molecular weight excluding hydrogens is 469 g/mol. The van der Waals surface area contributed by atoms with Crippen molar-refractivity contribution < 1.29 is 27.5 Å². The van der Waals surface area contributed by atoms with Crippen LogP contribution in [0.15, 0.2) is 64.2 Å². The van der Waals surface area contributed by atoms with Crippen LogP contribution in [0.1, 0.15) is 28.4 Å². The van der Waals surface area contributed by atoms with Crippen molar-refractivity contribution in [3.8, 4) is 5.75 Å². The number of ether oxygens (including phenoxy) is 1. The highest BCUT2D eigenvalue weighted by Crippen LogP contribution is 2.45. The third-order valence-electron chi connectivity index (χ3n) is 5.49. The van der Waals surface area contributed by atoms with Crippen LogP contribution >= 0.6 is 0 Å². The van der Waals surface area contributed by atoms with Crippen molar-refractivity contribution in [2.24, 2.45) is 0 Å². The Kier molecular flexibility index (Phi) is 5.97. The molecule has 1 unspecified atom stereocenters. The van der Waals surface area contributed by atoms with E-state index in [9.17, 15) is 32.3 Å². The molecule has 0 saturated heterocycles. The predicted octanol–water partition coefficient (Wildman–Crippen LogP) is 2.12. The first-order valence-electron chi connectivity index (χ1n) is 10.4. The minimum atomic E-state index is -5.44. The summed E-state index contributed by atoms with van der Waals surface area (Å²) in [5.74, 6) is -3.68. The van der Waals surface area contributed by atoms with Crippen molar-refractivity contribution in [3.63, 3.8) is 0 Å². The van der Waals surface area contributed by atoms with E-state index in [1.165, 1.54) is 24.3 Å². The third kappa shape index (κ3) is 3.96. The molecule has 1 aromatic heterocycles. The number of anilines is 1. The molecule has 0 aliphatic carbocycles. The number of H-pyrrole nitrogens is 1. The van der Waals surface area contributed by atoms with E-state index in [-0.39, 0.29) is 24.5 Å². The molecule has 1 aliphatic rings. The molecule has 9 nitrogen and oxygen atoms in total. The molecule has 4 rings (SSSR count). The molecule has 35 heavy (non-hydrogen) atoms. The van der Waals surface area contributed by atoms with Crippen LogP contribution < -0.4 is 26.6 Å². The van der Waals surface area contributed by atoms with Gasteiger partial charge in [0.15, 0.2) is 0 Å². The highest BCUT2D eigenvalue weighted by Gasteiger charge is 2.68. The second-order valence-corrected chi connectivity index (χ2v) is 7.64. The summed E-state index contributed by atoms with van der Waals surface area (Å²) in [4.78, 5) is 52.9. The Bertz CT molecular complexity index is 1420. The molecule has 1 aliphatic heterocycles. The minimum Gasteiger partial charge on any atom is -0.493 e. The van der Waals surface area contributed by atoms with Gasteiger partial charge in [-0.2, -0.15) is 13.2 Å². The van der Waals surface area contributed by atoms with Crippen molar-refractivity contribution in [3.05, 3.63) is 92.1 Å². The number of para-hydroxylation sites is 1. The fraction of sp³-hybridized carbons (Fsp3) is 0.217. The molecule has 2 amide bonds. The number of hydrogen-bond donors (Lipinski definition) is 3. The summed E-state index contributed by atoms with van der Waals surface area (Å²) in [5.41, 5.74) is -7.11. The Balaban J connectivity index is 1.89. The number of alkyl halides is 3. The standard InChI is InChI=1S/C23H19F3N4O5/c1-2-35-15-11-7-6-10-14(15)18(31)29-22(23(24,25)26)16-17(27-20(22)33)30(21(34)28-19(16)32)12-13-8-4-3-5-9-13/h3-11H,2,12H2,1H3,(H,27,33)(H,29,31)(H,28,32,34). The second-order valence-electron chi connectivity index (χ2n) is 7.64. The highest BCUT2D eigenvalue weighted by molar-refractivity contribution is 6.09. The number of benzene rings is 2. The number of fused-ring (bicyclic) bond motifs is 1. The Labute approximate surface area is 195 Å². The van der Waals surface area contributed by atoms with Crippen LogP contribution in [-0.2, 0) is 16.9 Å². The maximum Gasteiger partial charge on any atom is 0.425 e. The molecule has 3 aromatic rings. The Morgan fingerprint density at radius 1 is 1.06 bits per heavy atom. The van der Waals surface area contributed by atoms with Crippen LogP contribution in [0.4, 0.5) is 19.0 Å². The topological polar surface area (TPSA) is 122 Å². The number of rotatable bonds is 6. The first-order valence-corrected chi connectivity index (χ1v) is 10.4. The van der Waals surface area contributed by atoms with Gasteiger partial charge >= 0.3 is 11.9 Å². The second kappa shape index (κ2) is 8.78. The van der Waals surface area contributed by atoms with E-state index >= 15 is 0 Å². The van der Waals surface area contributed by atoms with E-state index in [1.807, 2.05) is 10.3 Å². The van der Waals surface area contributed by atoms with Gasteiger partial charge in [0.1, 0.15) is 17.1 Å². The van der Waals surface area contributed by atoms with Gasteiger partial charge in [-0.3, -0.25) is 23.9 Å². The molecular formula is C23H19F3N4O5. The molecule has 0 radical (unpaired) electrons. The summed E-state index contributed by atoms with van der Waals surface area (Å²) < 4.78 is 49.8. The first-order chi connectivity index (χ1) is 16.6. The number of hydrogen-bond acceptors (Lipinski definition) is 5. The molecule has 1 atom stereocenters. The maximum atomic E-state index is 14.6. The summed E-state index contributed by atoms with van der Waals surface area (Å²) in [7, 11) is 0. The lowest BCUT2D eigenvalue weighted by molar-refractivity contribution is -0.196. The van der Waals surface area contributed by atoms with E-state index in [0.29, 0.717) is 5.56 Å². The molecule has 2 aromatic carbocycles. The van der Waals surface area contributed by atoms with Gasteiger partial charge in [-0.05, 0) is 24.6 Å². The van der Waals surface area contributed by atoms with Gasteiger partial charge < -0.3 is 15.4 Å². The van der Waals surface area contributed by atoms with E-state index in [0.717, 1.165) is 4.57 Å². The molecule has 182 valence electrons. The lowest BCUT2D eigenvalue weighted by Crippen LogP contribution is -2.62. The fourth-order valence-corrected chi connectivity index (χ4v) is 3.91. The van der Waals surface area contributed by atoms with Gasteiger partial charge in [-0.15, -0.1) is 0 Å². The zero-order valence-corrected chi connectivity index (χ0v) is 18.2. The van der Waals surface area contributed by atoms with Gasteiger partial charge in [0.2, 0.25) is 0 Å². The van der Waals surface area contributed by atoms with Crippen LogP contribution in [0.5, 0.6) is 5.75 Å². The molecule has 0 saturated carbocycles. The SMILES string of the molecule is CCOc1ccccc1C(=O)NC1(C(F)(F)F)C(=O)Nc2c1c(=O)[nH]c(=O)n2Cc1ccccc1. The minimum absolute atomic E-state index is 0.00795. The maximum absolute atomic E-state index is 14.6. The van der Waals surface area contributed by atoms with Crippen LogP contribution in [0.3, 0.4) is 0 Å². The third-order valence-corrected chi connectivity index (χ3v) is 5.49. The summed E-state index contributed by atoms with van der Waals surface area (Å²) in [6.07, 6.45) is -5.44. The molecule has 3 N–H and O–H groups in total. The van der Waals surface area contributed by atoms with Crippen LogP contribution in [-0.4, -0.2) is 34.1 Å². The van der Waals surface area contributed by atoms with Crippen molar-refractivity contribution in [1.82, 2.24) is 14.9 Å². The number of amides is 2. The van der Waals surface area contributed by atoms with Gasteiger partial charge in [0.05, 0.1) is 18.7 Å². The zero-order chi connectivity index (χ0) is 25.4. The highest BCUT2D eigenvalue weighted by atomic mass is 19.4. The number of nitrogens with one attached hydrogen (secondary N) is 3. The molecule has 0 bridgehead atoms.